The van der Waals surface area contributed by atoms with E-state index in [4.69, 9.17) is 4.74 Å². The summed E-state index contributed by atoms with van der Waals surface area (Å²) in [6.07, 6.45) is 2.01. The Balaban J connectivity index is 2.34. The SMILES string of the molecule is CCCCOc1cc(C)nc(C)c1C(=O)Nc1c(C)cccc1C. The standard InChI is InChI=1S/C20H26N2O2/c1-6-7-11-24-17-12-15(4)21-16(5)18(17)20(23)22-19-13(2)9-8-10-14(19)3/h8-10,12H,6-7,11H2,1-5H3,(H,22,23). The number of aryl methyl sites for hydroxylation is 4. The van der Waals surface area contributed by atoms with Crippen LogP contribution < -0.4 is 10.1 Å². The van der Waals surface area contributed by atoms with Crippen LogP contribution in [0.15, 0.2) is 24.3 Å². The minimum atomic E-state index is -0.177. The van der Waals surface area contributed by atoms with E-state index >= 15 is 0 Å². The highest BCUT2D eigenvalue weighted by molar-refractivity contribution is 6.07. The number of carbonyl (C=O) groups is 1. The lowest BCUT2D eigenvalue weighted by molar-refractivity contribution is 0.102. The molecule has 2 rings (SSSR count). The van der Waals surface area contributed by atoms with Crippen molar-refractivity contribution in [3.63, 3.8) is 0 Å². The first-order valence-electron chi connectivity index (χ1n) is 8.42. The summed E-state index contributed by atoms with van der Waals surface area (Å²) >= 11 is 0. The molecule has 0 saturated heterocycles. The Morgan fingerprint density at radius 2 is 1.83 bits per heavy atom. The van der Waals surface area contributed by atoms with Gasteiger partial charge in [0.1, 0.15) is 11.3 Å². The molecule has 1 heterocycles. The van der Waals surface area contributed by atoms with Gasteiger partial charge in [0.25, 0.3) is 5.91 Å². The van der Waals surface area contributed by atoms with E-state index < -0.39 is 0 Å². The molecular weight excluding hydrogens is 300 g/mol. The Labute approximate surface area is 144 Å². The Morgan fingerprint density at radius 3 is 2.46 bits per heavy atom. The smallest absolute Gasteiger partial charge is 0.261 e. The molecule has 1 aromatic carbocycles. The highest BCUT2D eigenvalue weighted by Crippen LogP contribution is 2.26. The molecule has 0 unspecified atom stereocenters. The van der Waals surface area contributed by atoms with E-state index in [2.05, 4.69) is 17.2 Å². The van der Waals surface area contributed by atoms with Gasteiger partial charge in [0, 0.05) is 17.4 Å². The second-order valence-electron chi connectivity index (χ2n) is 6.15. The summed E-state index contributed by atoms with van der Waals surface area (Å²) < 4.78 is 5.86. The zero-order valence-electron chi connectivity index (χ0n) is 15.2. The molecule has 1 N–H and O–H groups in total. The maximum atomic E-state index is 12.9. The molecule has 128 valence electrons. The summed E-state index contributed by atoms with van der Waals surface area (Å²) in [6, 6.07) is 7.80. The van der Waals surface area contributed by atoms with Gasteiger partial charge in [-0.3, -0.25) is 9.78 Å². The predicted molar refractivity (Wildman–Crippen MR) is 98.0 cm³/mol. The van der Waals surface area contributed by atoms with Crippen molar-refractivity contribution in [2.45, 2.75) is 47.5 Å². The van der Waals surface area contributed by atoms with Crippen LogP contribution in [0.2, 0.25) is 0 Å². The molecular formula is C20H26N2O2. The fourth-order valence-corrected chi connectivity index (χ4v) is 2.70. The number of hydrogen-bond acceptors (Lipinski definition) is 3. The third-order valence-corrected chi connectivity index (χ3v) is 3.99. The number of nitrogens with one attached hydrogen (secondary N) is 1. The number of rotatable bonds is 6. The summed E-state index contributed by atoms with van der Waals surface area (Å²) in [4.78, 5) is 17.3. The molecule has 0 aliphatic carbocycles. The Kier molecular flexibility index (Phi) is 5.96. The van der Waals surface area contributed by atoms with Crippen LogP contribution in [0, 0.1) is 27.7 Å². The van der Waals surface area contributed by atoms with Gasteiger partial charge in [0.2, 0.25) is 0 Å². The van der Waals surface area contributed by atoms with Gasteiger partial charge in [-0.05, 0) is 45.2 Å². The molecule has 0 atom stereocenters. The predicted octanol–water partition coefficient (Wildman–Crippen LogP) is 4.75. The highest BCUT2D eigenvalue weighted by atomic mass is 16.5. The number of unbranched alkanes of at least 4 members (excludes halogenated alkanes) is 1. The molecule has 1 amide bonds. The van der Waals surface area contributed by atoms with Crippen molar-refractivity contribution in [1.82, 2.24) is 4.98 Å². The van der Waals surface area contributed by atoms with E-state index in [0.717, 1.165) is 35.3 Å². The number of nitrogens with zero attached hydrogens (tertiary/aromatic N) is 1. The number of hydrogen-bond donors (Lipinski definition) is 1. The third-order valence-electron chi connectivity index (χ3n) is 3.99. The number of pyridine rings is 1. The van der Waals surface area contributed by atoms with E-state index in [1.165, 1.54) is 0 Å². The van der Waals surface area contributed by atoms with Gasteiger partial charge in [-0.15, -0.1) is 0 Å². The lowest BCUT2D eigenvalue weighted by Crippen LogP contribution is -2.18. The van der Waals surface area contributed by atoms with E-state index in [1.807, 2.05) is 52.0 Å². The minimum absolute atomic E-state index is 0.177. The number of carbonyl (C=O) groups excluding carboxylic acids is 1. The van der Waals surface area contributed by atoms with Crippen molar-refractivity contribution >= 4 is 11.6 Å². The quantitative estimate of drug-likeness (QED) is 0.780. The topological polar surface area (TPSA) is 51.2 Å². The number of benzene rings is 1. The maximum Gasteiger partial charge on any atom is 0.261 e. The van der Waals surface area contributed by atoms with E-state index in [9.17, 15) is 4.79 Å². The summed E-state index contributed by atoms with van der Waals surface area (Å²) in [5, 5.41) is 3.03. The van der Waals surface area contributed by atoms with Gasteiger partial charge in [0.15, 0.2) is 0 Å². The van der Waals surface area contributed by atoms with Gasteiger partial charge >= 0.3 is 0 Å². The summed E-state index contributed by atoms with van der Waals surface area (Å²) in [6.45, 7) is 10.4. The lowest BCUT2D eigenvalue weighted by Gasteiger charge is -2.16. The first-order chi connectivity index (χ1) is 11.4. The average Bonchev–Trinajstić information content (AvgIpc) is 2.50. The Bertz CT molecular complexity index is 718. The lowest BCUT2D eigenvalue weighted by atomic mass is 10.1. The first kappa shape index (κ1) is 18.0. The van der Waals surface area contributed by atoms with Crippen LogP contribution in [0.1, 0.15) is 52.6 Å². The Hall–Kier alpha value is -2.36. The maximum absolute atomic E-state index is 12.9. The first-order valence-corrected chi connectivity index (χ1v) is 8.42. The monoisotopic (exact) mass is 326 g/mol. The summed E-state index contributed by atoms with van der Waals surface area (Å²) in [5.41, 5.74) is 4.97. The number of anilines is 1. The molecule has 24 heavy (non-hydrogen) atoms. The minimum Gasteiger partial charge on any atom is -0.493 e. The van der Waals surface area contributed by atoms with Crippen molar-refractivity contribution in [2.24, 2.45) is 0 Å². The molecule has 0 spiro atoms. The van der Waals surface area contributed by atoms with Crippen LogP contribution in [0.25, 0.3) is 0 Å². The zero-order chi connectivity index (χ0) is 17.7. The fraction of sp³-hybridized carbons (Fsp3) is 0.400. The van der Waals surface area contributed by atoms with Gasteiger partial charge < -0.3 is 10.1 Å². The molecule has 4 heteroatoms. The average molecular weight is 326 g/mol. The van der Waals surface area contributed by atoms with E-state index in [-0.39, 0.29) is 5.91 Å². The highest BCUT2D eigenvalue weighted by Gasteiger charge is 2.19. The summed E-state index contributed by atoms with van der Waals surface area (Å²) in [5.74, 6) is 0.432. The van der Waals surface area contributed by atoms with Crippen molar-refractivity contribution in [3.05, 3.63) is 52.3 Å². The van der Waals surface area contributed by atoms with Crippen LogP contribution in [0.5, 0.6) is 5.75 Å². The number of amides is 1. The molecule has 0 fully saturated rings. The van der Waals surface area contributed by atoms with Gasteiger partial charge in [0.05, 0.1) is 12.3 Å². The van der Waals surface area contributed by atoms with Crippen LogP contribution in [-0.4, -0.2) is 17.5 Å². The van der Waals surface area contributed by atoms with Crippen molar-refractivity contribution < 1.29 is 9.53 Å². The number of aromatic nitrogens is 1. The molecule has 0 saturated carbocycles. The molecule has 0 aliphatic rings. The molecule has 0 bridgehead atoms. The number of ether oxygens (including phenoxy) is 1. The van der Waals surface area contributed by atoms with Gasteiger partial charge in [-0.25, -0.2) is 0 Å². The summed E-state index contributed by atoms with van der Waals surface area (Å²) in [7, 11) is 0. The normalized spacial score (nSPS) is 10.5. The van der Waals surface area contributed by atoms with E-state index in [0.29, 0.717) is 23.6 Å². The fourth-order valence-electron chi connectivity index (χ4n) is 2.70. The van der Waals surface area contributed by atoms with Crippen LogP contribution in [0.4, 0.5) is 5.69 Å². The molecule has 4 nitrogen and oxygen atoms in total. The Morgan fingerprint density at radius 1 is 1.17 bits per heavy atom. The largest absolute Gasteiger partial charge is 0.493 e. The molecule has 2 aromatic rings. The third kappa shape index (κ3) is 4.13. The zero-order valence-corrected chi connectivity index (χ0v) is 15.2. The second kappa shape index (κ2) is 7.95. The molecule has 1 aromatic heterocycles. The van der Waals surface area contributed by atoms with Crippen LogP contribution in [-0.2, 0) is 0 Å². The number of para-hydroxylation sites is 1. The van der Waals surface area contributed by atoms with Crippen LogP contribution in [0.3, 0.4) is 0 Å². The van der Waals surface area contributed by atoms with Gasteiger partial charge in [-0.2, -0.15) is 0 Å². The second-order valence-corrected chi connectivity index (χ2v) is 6.15. The van der Waals surface area contributed by atoms with Crippen molar-refractivity contribution in [3.8, 4) is 5.75 Å². The van der Waals surface area contributed by atoms with Gasteiger partial charge in [-0.1, -0.05) is 31.5 Å². The van der Waals surface area contributed by atoms with Crippen molar-refractivity contribution in [1.29, 1.82) is 0 Å². The van der Waals surface area contributed by atoms with E-state index in [1.54, 1.807) is 0 Å². The van der Waals surface area contributed by atoms with Crippen LogP contribution >= 0.6 is 0 Å². The molecule has 0 aliphatic heterocycles. The molecule has 0 radical (unpaired) electrons. The van der Waals surface area contributed by atoms with Crippen molar-refractivity contribution in [2.75, 3.05) is 11.9 Å².